The average molecular weight is 319 g/mol. The van der Waals surface area contributed by atoms with E-state index in [9.17, 15) is 4.79 Å². The van der Waals surface area contributed by atoms with Gasteiger partial charge in [-0.1, -0.05) is 43.7 Å². The highest BCUT2D eigenvalue weighted by atomic mass is 16.5. The molecule has 1 aliphatic heterocycles. The smallest absolute Gasteiger partial charge is 0.239 e. The van der Waals surface area contributed by atoms with Crippen molar-refractivity contribution in [3.05, 3.63) is 35.9 Å². The number of amides is 1. The molecule has 2 atom stereocenters. The lowest BCUT2D eigenvalue weighted by Gasteiger charge is -2.33. The monoisotopic (exact) mass is 319 g/mol. The number of nitrogens with one attached hydrogen (secondary N) is 1. The Bertz CT molecular complexity index is 490. The quantitative estimate of drug-likeness (QED) is 0.800. The molecule has 1 amide bonds. The zero-order chi connectivity index (χ0) is 16.7. The molecule has 2 unspecified atom stereocenters. The van der Waals surface area contributed by atoms with Gasteiger partial charge in [0.25, 0.3) is 0 Å². The molecule has 0 aromatic heterocycles. The Labute approximate surface area is 139 Å². The fourth-order valence-electron chi connectivity index (χ4n) is 2.93. The summed E-state index contributed by atoms with van der Waals surface area (Å²) in [5, 5.41) is 2.95. The van der Waals surface area contributed by atoms with Gasteiger partial charge in [-0.25, -0.2) is 0 Å². The van der Waals surface area contributed by atoms with Crippen molar-refractivity contribution >= 4 is 5.91 Å². The summed E-state index contributed by atoms with van der Waals surface area (Å²) in [6.45, 7) is 7.69. The van der Waals surface area contributed by atoms with Crippen LogP contribution in [0.4, 0.5) is 0 Å². The van der Waals surface area contributed by atoms with Crippen molar-refractivity contribution in [3.63, 3.8) is 0 Å². The first-order chi connectivity index (χ1) is 11.0. The van der Waals surface area contributed by atoms with Gasteiger partial charge in [0.2, 0.25) is 5.91 Å². The molecule has 0 radical (unpaired) electrons. The highest BCUT2D eigenvalue weighted by molar-refractivity contribution is 5.85. The van der Waals surface area contributed by atoms with E-state index in [1.807, 2.05) is 13.0 Å². The molecule has 23 heavy (non-hydrogen) atoms. The van der Waals surface area contributed by atoms with E-state index in [0.717, 1.165) is 26.1 Å². The number of carbonyl (C=O) groups excluding carboxylic acids is 1. The minimum absolute atomic E-state index is 0.0221. The molecule has 1 fully saturated rings. The van der Waals surface area contributed by atoms with Crippen LogP contribution in [0.3, 0.4) is 0 Å². The van der Waals surface area contributed by atoms with Crippen molar-refractivity contribution in [3.8, 4) is 0 Å². The summed E-state index contributed by atoms with van der Waals surface area (Å²) in [6.07, 6.45) is 1.60. The van der Waals surface area contributed by atoms with Gasteiger partial charge < -0.3 is 15.8 Å². The second-order valence-corrected chi connectivity index (χ2v) is 6.59. The second kappa shape index (κ2) is 8.43. The first-order valence-corrected chi connectivity index (χ1v) is 8.46. The predicted octanol–water partition coefficient (Wildman–Crippen LogP) is 1.52. The summed E-state index contributed by atoms with van der Waals surface area (Å²) >= 11 is 0. The fraction of sp³-hybridized carbons (Fsp3) is 0.611. The largest absolute Gasteiger partial charge is 0.374 e. The number of ether oxygens (including phenoxy) is 1. The summed E-state index contributed by atoms with van der Waals surface area (Å²) in [5.41, 5.74) is 6.55. The van der Waals surface area contributed by atoms with Gasteiger partial charge in [0.1, 0.15) is 0 Å². The van der Waals surface area contributed by atoms with Crippen molar-refractivity contribution in [1.82, 2.24) is 10.2 Å². The van der Waals surface area contributed by atoms with Crippen LogP contribution in [0.25, 0.3) is 0 Å². The molecule has 1 saturated heterocycles. The van der Waals surface area contributed by atoms with E-state index >= 15 is 0 Å². The highest BCUT2D eigenvalue weighted by Gasteiger charge is 2.28. The van der Waals surface area contributed by atoms with E-state index in [4.69, 9.17) is 10.5 Å². The Morgan fingerprint density at radius 3 is 2.87 bits per heavy atom. The third kappa shape index (κ3) is 5.61. The molecule has 1 aromatic rings. The van der Waals surface area contributed by atoms with Gasteiger partial charge in [0.05, 0.1) is 18.2 Å². The Balaban J connectivity index is 1.79. The fourth-order valence-corrected chi connectivity index (χ4v) is 2.93. The lowest BCUT2D eigenvalue weighted by Crippen LogP contribution is -2.54. The number of benzene rings is 1. The summed E-state index contributed by atoms with van der Waals surface area (Å²) < 4.78 is 5.77. The molecule has 5 heteroatoms. The molecular formula is C18H29N3O2. The van der Waals surface area contributed by atoms with Crippen LogP contribution in [0.15, 0.2) is 30.3 Å². The number of hydrogen-bond acceptors (Lipinski definition) is 4. The van der Waals surface area contributed by atoms with Gasteiger partial charge in [-0.15, -0.1) is 0 Å². The van der Waals surface area contributed by atoms with Crippen LogP contribution in [0.1, 0.15) is 32.3 Å². The van der Waals surface area contributed by atoms with Crippen LogP contribution < -0.4 is 11.1 Å². The van der Waals surface area contributed by atoms with Crippen LogP contribution in [-0.2, 0) is 16.1 Å². The number of rotatable bonds is 7. The molecule has 0 bridgehead atoms. The lowest BCUT2D eigenvalue weighted by atomic mass is 9.96. The number of carbonyl (C=O) groups is 1. The van der Waals surface area contributed by atoms with Crippen molar-refractivity contribution in [2.24, 2.45) is 5.73 Å². The van der Waals surface area contributed by atoms with E-state index in [1.165, 1.54) is 5.56 Å². The van der Waals surface area contributed by atoms with Crippen LogP contribution in [0.2, 0.25) is 0 Å². The topological polar surface area (TPSA) is 67.6 Å². The molecule has 1 heterocycles. The number of nitrogens with zero attached hydrogens (tertiary/aromatic N) is 1. The van der Waals surface area contributed by atoms with Gasteiger partial charge in [-0.3, -0.25) is 9.69 Å². The van der Waals surface area contributed by atoms with Crippen molar-refractivity contribution < 1.29 is 9.53 Å². The van der Waals surface area contributed by atoms with Crippen LogP contribution >= 0.6 is 0 Å². The third-order valence-electron chi connectivity index (χ3n) is 4.25. The first-order valence-electron chi connectivity index (χ1n) is 8.46. The molecule has 0 aliphatic carbocycles. The summed E-state index contributed by atoms with van der Waals surface area (Å²) in [7, 11) is 0. The van der Waals surface area contributed by atoms with Crippen LogP contribution in [0.5, 0.6) is 0 Å². The summed E-state index contributed by atoms with van der Waals surface area (Å²) in [4.78, 5) is 14.5. The molecule has 2 rings (SSSR count). The average Bonchev–Trinajstić information content (AvgIpc) is 2.54. The zero-order valence-corrected chi connectivity index (χ0v) is 14.3. The number of morpholine rings is 1. The van der Waals surface area contributed by atoms with E-state index in [1.54, 1.807) is 6.92 Å². The Kier molecular flexibility index (Phi) is 6.57. The van der Waals surface area contributed by atoms with Gasteiger partial charge in [0, 0.05) is 26.2 Å². The van der Waals surface area contributed by atoms with E-state index < -0.39 is 5.54 Å². The summed E-state index contributed by atoms with van der Waals surface area (Å²) in [6, 6.07) is 10.4. The molecule has 1 aromatic carbocycles. The van der Waals surface area contributed by atoms with E-state index in [2.05, 4.69) is 34.5 Å². The lowest BCUT2D eigenvalue weighted by molar-refractivity contribution is -0.127. The second-order valence-electron chi connectivity index (χ2n) is 6.59. The maximum Gasteiger partial charge on any atom is 0.239 e. The number of nitrogens with two attached hydrogens (primary N) is 1. The van der Waals surface area contributed by atoms with Gasteiger partial charge in [0.15, 0.2) is 0 Å². The number of hydrogen-bond donors (Lipinski definition) is 2. The molecule has 0 saturated carbocycles. The molecule has 5 nitrogen and oxygen atoms in total. The van der Waals surface area contributed by atoms with Gasteiger partial charge >= 0.3 is 0 Å². The van der Waals surface area contributed by atoms with Crippen molar-refractivity contribution in [2.45, 2.75) is 44.9 Å². The Morgan fingerprint density at radius 1 is 1.43 bits per heavy atom. The third-order valence-corrected chi connectivity index (χ3v) is 4.25. The zero-order valence-electron chi connectivity index (χ0n) is 14.3. The molecule has 128 valence electrons. The predicted molar refractivity (Wildman–Crippen MR) is 92.0 cm³/mol. The van der Waals surface area contributed by atoms with Gasteiger partial charge in [-0.05, 0) is 18.9 Å². The first kappa shape index (κ1) is 17.9. The molecule has 0 spiro atoms. The minimum atomic E-state index is -0.798. The van der Waals surface area contributed by atoms with Crippen LogP contribution in [0, 0.1) is 0 Å². The summed E-state index contributed by atoms with van der Waals surface area (Å²) in [5.74, 6) is -0.0943. The Morgan fingerprint density at radius 2 is 2.17 bits per heavy atom. The highest BCUT2D eigenvalue weighted by Crippen LogP contribution is 2.11. The standard InChI is InChI=1S/C18H29N3O2/c1-3-9-18(2,19)17(22)20-12-16-14-21(10-11-23-16)13-15-7-5-4-6-8-15/h4-8,16H,3,9-14,19H2,1-2H3,(H,20,22). The maximum absolute atomic E-state index is 12.2. The molecular weight excluding hydrogens is 290 g/mol. The van der Waals surface area contributed by atoms with E-state index in [-0.39, 0.29) is 12.0 Å². The SMILES string of the molecule is CCCC(C)(N)C(=O)NCC1CN(Cc2ccccc2)CCO1. The Hall–Kier alpha value is -1.43. The van der Waals surface area contributed by atoms with E-state index in [0.29, 0.717) is 19.6 Å². The molecule has 3 N–H and O–H groups in total. The normalized spacial score (nSPS) is 21.6. The van der Waals surface area contributed by atoms with Crippen molar-refractivity contribution in [1.29, 1.82) is 0 Å². The minimum Gasteiger partial charge on any atom is -0.374 e. The van der Waals surface area contributed by atoms with Crippen LogP contribution in [-0.4, -0.2) is 48.7 Å². The maximum atomic E-state index is 12.2. The van der Waals surface area contributed by atoms with Gasteiger partial charge in [-0.2, -0.15) is 0 Å². The van der Waals surface area contributed by atoms with Crippen molar-refractivity contribution in [2.75, 3.05) is 26.2 Å². The molecule has 1 aliphatic rings.